The van der Waals surface area contributed by atoms with Crippen LogP contribution in [0.2, 0.25) is 0 Å². The molecule has 0 unspecified atom stereocenters. The molecule has 0 aliphatic carbocycles. The average Bonchev–Trinajstić information content (AvgIpc) is 2.82. The summed E-state index contributed by atoms with van der Waals surface area (Å²) in [6, 6.07) is 12.9. The van der Waals surface area contributed by atoms with E-state index in [0.717, 1.165) is 5.69 Å². The van der Waals surface area contributed by atoms with Crippen LogP contribution in [0.1, 0.15) is 17.3 Å². The standard InChI is InChI=1S/C22H22N4O4S2/c23-16(13-6-2-1-3-7-13)19(27)25-17-20(28)26-18(22(29)30)14(11-32-21(17)26)10-31-12-15-8-4-5-9-24-15/h1-9,16-17,21H,10-12,23H2,(H,25,27)(H,29,30)/t16-,17-,21-/m1/s1. The van der Waals surface area contributed by atoms with Gasteiger partial charge in [0.25, 0.3) is 5.91 Å². The van der Waals surface area contributed by atoms with Gasteiger partial charge in [0.1, 0.15) is 23.2 Å². The normalized spacial score (nSPS) is 20.9. The molecule has 0 saturated carbocycles. The number of carbonyl (C=O) groups is 3. The minimum Gasteiger partial charge on any atom is -0.477 e. The summed E-state index contributed by atoms with van der Waals surface area (Å²) >= 11 is 3.00. The van der Waals surface area contributed by atoms with Crippen LogP contribution in [0.15, 0.2) is 66.0 Å². The highest BCUT2D eigenvalue weighted by molar-refractivity contribution is 8.00. The number of pyridine rings is 1. The lowest BCUT2D eigenvalue weighted by atomic mass is 10.0. The number of nitrogens with one attached hydrogen (secondary N) is 1. The SMILES string of the molecule is N[C@@H](C(=O)N[C@@H]1C(=O)N2C(C(=O)O)=C(CSCc3ccccn3)CS[C@H]12)c1ccccc1. The molecule has 2 amide bonds. The van der Waals surface area contributed by atoms with Crippen molar-refractivity contribution in [3.05, 3.63) is 77.3 Å². The number of fused-ring (bicyclic) bond motifs is 1. The van der Waals surface area contributed by atoms with Crippen LogP contribution in [-0.4, -0.2) is 55.7 Å². The summed E-state index contributed by atoms with van der Waals surface area (Å²) in [7, 11) is 0. The number of benzene rings is 1. The van der Waals surface area contributed by atoms with E-state index >= 15 is 0 Å². The van der Waals surface area contributed by atoms with Crippen molar-refractivity contribution < 1.29 is 19.5 Å². The molecule has 0 radical (unpaired) electrons. The van der Waals surface area contributed by atoms with E-state index in [-0.39, 0.29) is 5.70 Å². The Balaban J connectivity index is 1.41. The molecule has 0 spiro atoms. The largest absolute Gasteiger partial charge is 0.477 e. The predicted molar refractivity (Wildman–Crippen MR) is 123 cm³/mol. The van der Waals surface area contributed by atoms with Crippen molar-refractivity contribution in [2.45, 2.75) is 23.2 Å². The number of nitrogens with zero attached hydrogens (tertiary/aromatic N) is 2. The maximum Gasteiger partial charge on any atom is 0.352 e. The first-order valence-electron chi connectivity index (χ1n) is 9.96. The fourth-order valence-corrected chi connectivity index (χ4v) is 6.05. The number of β-lactam (4-membered cyclic amide) rings is 1. The zero-order valence-corrected chi connectivity index (χ0v) is 18.6. The number of carboxylic acid groups (broad SMARTS) is 1. The number of rotatable bonds is 8. The first kappa shape index (κ1) is 22.4. The molecule has 4 rings (SSSR count). The molecule has 1 aromatic carbocycles. The topological polar surface area (TPSA) is 126 Å². The van der Waals surface area contributed by atoms with Gasteiger partial charge in [0.05, 0.1) is 5.69 Å². The number of nitrogens with two attached hydrogens (primary N) is 1. The molecule has 4 N–H and O–H groups in total. The molecule has 3 heterocycles. The summed E-state index contributed by atoms with van der Waals surface area (Å²) in [6.45, 7) is 0. The molecule has 1 fully saturated rings. The molecule has 0 bridgehead atoms. The molecule has 8 nitrogen and oxygen atoms in total. The average molecular weight is 471 g/mol. The molecule has 32 heavy (non-hydrogen) atoms. The number of hydrogen-bond donors (Lipinski definition) is 3. The highest BCUT2D eigenvalue weighted by Crippen LogP contribution is 2.41. The van der Waals surface area contributed by atoms with Gasteiger partial charge >= 0.3 is 5.97 Å². The fourth-order valence-electron chi connectivity index (χ4n) is 3.61. The van der Waals surface area contributed by atoms with E-state index in [9.17, 15) is 19.5 Å². The van der Waals surface area contributed by atoms with Crippen molar-refractivity contribution in [1.29, 1.82) is 0 Å². The predicted octanol–water partition coefficient (Wildman–Crippen LogP) is 1.75. The van der Waals surface area contributed by atoms with Crippen molar-refractivity contribution in [3.63, 3.8) is 0 Å². The second-order valence-electron chi connectivity index (χ2n) is 7.36. The maximum absolute atomic E-state index is 12.8. The third kappa shape index (κ3) is 4.52. The third-order valence-corrected chi connectivity index (χ3v) is 7.63. The summed E-state index contributed by atoms with van der Waals surface area (Å²) in [6.07, 6.45) is 1.72. The van der Waals surface area contributed by atoms with Crippen molar-refractivity contribution >= 4 is 41.3 Å². The molecule has 10 heteroatoms. The number of carboxylic acids is 1. The Bertz CT molecular complexity index is 1050. The lowest BCUT2D eigenvalue weighted by Gasteiger charge is -2.49. The van der Waals surface area contributed by atoms with E-state index in [1.54, 1.807) is 42.2 Å². The summed E-state index contributed by atoms with van der Waals surface area (Å²) in [4.78, 5) is 42.9. The van der Waals surface area contributed by atoms with Crippen LogP contribution in [0.4, 0.5) is 0 Å². The van der Waals surface area contributed by atoms with Crippen LogP contribution in [0.3, 0.4) is 0 Å². The lowest BCUT2D eigenvalue weighted by Crippen LogP contribution is -2.71. The Morgan fingerprint density at radius 1 is 1.22 bits per heavy atom. The molecule has 2 aliphatic rings. The van der Waals surface area contributed by atoms with Crippen LogP contribution in [-0.2, 0) is 20.1 Å². The summed E-state index contributed by atoms with van der Waals surface area (Å²) in [5, 5.41) is 12.0. The quantitative estimate of drug-likeness (QED) is 0.498. The van der Waals surface area contributed by atoms with Crippen molar-refractivity contribution in [1.82, 2.24) is 15.2 Å². The van der Waals surface area contributed by atoms with Gasteiger partial charge in [-0.15, -0.1) is 11.8 Å². The van der Waals surface area contributed by atoms with Crippen LogP contribution >= 0.6 is 23.5 Å². The van der Waals surface area contributed by atoms with Crippen LogP contribution in [0.5, 0.6) is 0 Å². The monoisotopic (exact) mass is 470 g/mol. The number of amides is 2. The second-order valence-corrected chi connectivity index (χ2v) is 9.45. The Kier molecular flexibility index (Phi) is 6.83. The zero-order chi connectivity index (χ0) is 22.7. The van der Waals surface area contributed by atoms with Gasteiger partial charge in [-0.2, -0.15) is 11.8 Å². The second kappa shape index (κ2) is 9.76. The molecule has 3 atom stereocenters. The summed E-state index contributed by atoms with van der Waals surface area (Å²) in [5.74, 6) is -0.425. The molecule has 2 aliphatic heterocycles. The van der Waals surface area contributed by atoms with E-state index in [1.165, 1.54) is 16.7 Å². The molecule has 1 aromatic heterocycles. The van der Waals surface area contributed by atoms with Crippen molar-refractivity contribution in [2.75, 3.05) is 11.5 Å². The molecule has 2 aromatic rings. The zero-order valence-electron chi connectivity index (χ0n) is 17.0. The smallest absolute Gasteiger partial charge is 0.352 e. The Morgan fingerprint density at radius 2 is 1.97 bits per heavy atom. The van der Waals surface area contributed by atoms with Crippen LogP contribution in [0.25, 0.3) is 0 Å². The van der Waals surface area contributed by atoms with Crippen LogP contribution < -0.4 is 11.1 Å². The van der Waals surface area contributed by atoms with Gasteiger partial charge < -0.3 is 16.2 Å². The minimum absolute atomic E-state index is 0.0186. The van der Waals surface area contributed by atoms with Gasteiger partial charge in [-0.1, -0.05) is 36.4 Å². The van der Waals surface area contributed by atoms with E-state index in [2.05, 4.69) is 10.3 Å². The van der Waals surface area contributed by atoms with Gasteiger partial charge in [-0.3, -0.25) is 19.5 Å². The van der Waals surface area contributed by atoms with Crippen molar-refractivity contribution in [3.8, 4) is 0 Å². The van der Waals surface area contributed by atoms with Gasteiger partial charge in [-0.25, -0.2) is 4.79 Å². The number of aliphatic carboxylic acids is 1. The van der Waals surface area contributed by atoms with Gasteiger partial charge in [-0.05, 0) is 23.3 Å². The summed E-state index contributed by atoms with van der Waals surface area (Å²) < 4.78 is 0. The van der Waals surface area contributed by atoms with Crippen LogP contribution in [0, 0.1) is 0 Å². The number of aromatic nitrogens is 1. The molecular formula is C22H22N4O4S2. The van der Waals surface area contributed by atoms with E-state index in [4.69, 9.17) is 5.73 Å². The van der Waals surface area contributed by atoms with Gasteiger partial charge in [0.2, 0.25) is 5.91 Å². The van der Waals surface area contributed by atoms with E-state index in [0.29, 0.717) is 28.4 Å². The van der Waals surface area contributed by atoms with Gasteiger partial charge in [0.15, 0.2) is 0 Å². The molecular weight excluding hydrogens is 448 g/mol. The summed E-state index contributed by atoms with van der Waals surface area (Å²) in [5.41, 5.74) is 8.29. The van der Waals surface area contributed by atoms with E-state index in [1.807, 2.05) is 24.3 Å². The van der Waals surface area contributed by atoms with E-state index < -0.39 is 35.2 Å². The maximum atomic E-state index is 12.8. The lowest BCUT2D eigenvalue weighted by molar-refractivity contribution is -0.150. The van der Waals surface area contributed by atoms with Gasteiger partial charge in [0, 0.05) is 23.5 Å². The highest BCUT2D eigenvalue weighted by atomic mass is 32.2. The Labute approximate surface area is 193 Å². The number of hydrogen-bond acceptors (Lipinski definition) is 7. The number of carbonyl (C=O) groups excluding carboxylic acids is 2. The fraction of sp³-hybridized carbons (Fsp3) is 0.273. The first-order valence-corrected chi connectivity index (χ1v) is 12.2. The molecule has 1 saturated heterocycles. The number of thioether (sulfide) groups is 2. The highest BCUT2D eigenvalue weighted by Gasteiger charge is 2.54. The van der Waals surface area contributed by atoms with Crippen molar-refractivity contribution in [2.24, 2.45) is 5.73 Å². The minimum atomic E-state index is -1.14. The Hall–Kier alpha value is -2.82. The first-order chi connectivity index (χ1) is 15.5. The molecule has 166 valence electrons. The Morgan fingerprint density at radius 3 is 2.66 bits per heavy atom. The third-order valence-electron chi connectivity index (χ3n) is 5.24.